The van der Waals surface area contributed by atoms with Gasteiger partial charge < -0.3 is 4.42 Å². The summed E-state index contributed by atoms with van der Waals surface area (Å²) >= 11 is 0. The molecular formula is C17H14O2. The molecule has 0 fully saturated rings. The molecule has 94 valence electrons. The fraction of sp³-hybridized carbons (Fsp3) is 0.118. The zero-order valence-electron chi connectivity index (χ0n) is 10.9. The number of fused-ring (bicyclic) bond motifs is 1. The Balaban J connectivity index is 2.41. The third-order valence-electron chi connectivity index (χ3n) is 3.34. The summed E-state index contributed by atoms with van der Waals surface area (Å²) < 4.78 is 5.29. The fourth-order valence-electron chi connectivity index (χ4n) is 2.37. The molecule has 1 aromatic heterocycles. The molecule has 0 aliphatic heterocycles. The summed E-state index contributed by atoms with van der Waals surface area (Å²) in [6.45, 7) is 4.03. The molecule has 0 saturated carbocycles. The Morgan fingerprint density at radius 3 is 2.47 bits per heavy atom. The quantitative estimate of drug-likeness (QED) is 0.609. The van der Waals surface area contributed by atoms with Crippen LogP contribution in [0.3, 0.4) is 0 Å². The van der Waals surface area contributed by atoms with Gasteiger partial charge in [0.1, 0.15) is 5.58 Å². The van der Waals surface area contributed by atoms with E-state index in [0.29, 0.717) is 5.58 Å². The zero-order valence-corrected chi connectivity index (χ0v) is 10.9. The lowest BCUT2D eigenvalue weighted by Crippen LogP contribution is -1.99. The van der Waals surface area contributed by atoms with Crippen LogP contribution < -0.4 is 5.63 Å². The molecule has 2 heteroatoms. The Bertz CT molecular complexity index is 813. The van der Waals surface area contributed by atoms with Crippen LogP contribution in [-0.2, 0) is 0 Å². The minimum atomic E-state index is -0.309. The third-order valence-corrected chi connectivity index (χ3v) is 3.34. The van der Waals surface area contributed by atoms with E-state index in [-0.39, 0.29) is 5.63 Å². The molecular weight excluding hydrogens is 236 g/mol. The second kappa shape index (κ2) is 4.39. The molecule has 19 heavy (non-hydrogen) atoms. The predicted octanol–water partition coefficient (Wildman–Crippen LogP) is 4.08. The molecule has 1 heterocycles. The smallest absolute Gasteiger partial charge is 0.336 e. The normalized spacial score (nSPS) is 10.8. The van der Waals surface area contributed by atoms with Gasteiger partial charge in [-0.05, 0) is 36.6 Å². The van der Waals surface area contributed by atoms with Crippen molar-refractivity contribution in [2.24, 2.45) is 0 Å². The van der Waals surface area contributed by atoms with Crippen molar-refractivity contribution in [3.63, 3.8) is 0 Å². The molecule has 0 unspecified atom stereocenters. The van der Waals surface area contributed by atoms with Crippen molar-refractivity contribution in [1.29, 1.82) is 0 Å². The van der Waals surface area contributed by atoms with Crippen LogP contribution in [-0.4, -0.2) is 0 Å². The van der Waals surface area contributed by atoms with Gasteiger partial charge in [0.15, 0.2) is 0 Å². The fourth-order valence-corrected chi connectivity index (χ4v) is 2.37. The molecule has 3 aromatic rings. The molecule has 0 amide bonds. The molecule has 0 bridgehead atoms. The van der Waals surface area contributed by atoms with E-state index in [0.717, 1.165) is 27.6 Å². The Kier molecular flexibility index (Phi) is 2.71. The van der Waals surface area contributed by atoms with E-state index in [9.17, 15) is 4.79 Å². The second-order valence-electron chi connectivity index (χ2n) is 4.79. The number of hydrogen-bond donors (Lipinski definition) is 0. The highest BCUT2D eigenvalue weighted by atomic mass is 16.4. The van der Waals surface area contributed by atoms with Gasteiger partial charge in [-0.1, -0.05) is 36.4 Å². The SMILES string of the molecule is Cc1ccc2c(-c3ccccc3C)cc(=O)oc2c1. The highest BCUT2D eigenvalue weighted by molar-refractivity contribution is 5.94. The molecule has 2 aromatic carbocycles. The summed E-state index contributed by atoms with van der Waals surface area (Å²) in [5.74, 6) is 0. The van der Waals surface area contributed by atoms with E-state index < -0.39 is 0 Å². The Morgan fingerprint density at radius 1 is 0.895 bits per heavy atom. The number of hydrogen-bond acceptors (Lipinski definition) is 2. The summed E-state index contributed by atoms with van der Waals surface area (Å²) in [5, 5.41) is 0.972. The van der Waals surface area contributed by atoms with Gasteiger partial charge in [0.2, 0.25) is 0 Å². The van der Waals surface area contributed by atoms with Gasteiger partial charge in [-0.25, -0.2) is 4.79 Å². The molecule has 0 N–H and O–H groups in total. The lowest BCUT2D eigenvalue weighted by molar-refractivity contribution is 0.561. The molecule has 0 spiro atoms. The third kappa shape index (κ3) is 2.06. The van der Waals surface area contributed by atoms with Gasteiger partial charge in [-0.3, -0.25) is 0 Å². The average molecular weight is 250 g/mol. The Morgan fingerprint density at radius 2 is 1.68 bits per heavy atom. The van der Waals surface area contributed by atoms with Crippen LogP contribution in [0.1, 0.15) is 11.1 Å². The van der Waals surface area contributed by atoms with E-state index in [1.807, 2.05) is 56.3 Å². The zero-order chi connectivity index (χ0) is 13.4. The van der Waals surface area contributed by atoms with E-state index in [1.54, 1.807) is 6.07 Å². The number of benzene rings is 2. The van der Waals surface area contributed by atoms with E-state index >= 15 is 0 Å². The van der Waals surface area contributed by atoms with Crippen LogP contribution in [0.4, 0.5) is 0 Å². The van der Waals surface area contributed by atoms with Crippen molar-refractivity contribution < 1.29 is 4.42 Å². The predicted molar refractivity (Wildman–Crippen MR) is 77.4 cm³/mol. The summed E-state index contributed by atoms with van der Waals surface area (Å²) in [6.07, 6.45) is 0. The minimum absolute atomic E-state index is 0.309. The molecule has 0 aliphatic carbocycles. The largest absolute Gasteiger partial charge is 0.423 e. The summed E-state index contributed by atoms with van der Waals surface area (Å²) in [4.78, 5) is 11.7. The van der Waals surface area contributed by atoms with Gasteiger partial charge in [0.25, 0.3) is 0 Å². The van der Waals surface area contributed by atoms with Crippen molar-refractivity contribution in [2.75, 3.05) is 0 Å². The molecule has 0 radical (unpaired) electrons. The maximum absolute atomic E-state index is 11.7. The first-order valence-corrected chi connectivity index (χ1v) is 6.26. The van der Waals surface area contributed by atoms with Crippen LogP contribution in [0.5, 0.6) is 0 Å². The van der Waals surface area contributed by atoms with E-state index in [4.69, 9.17) is 4.42 Å². The van der Waals surface area contributed by atoms with Crippen LogP contribution in [0.25, 0.3) is 22.1 Å². The van der Waals surface area contributed by atoms with Crippen LogP contribution in [0, 0.1) is 13.8 Å². The molecule has 0 aliphatic rings. The average Bonchev–Trinajstić information content (AvgIpc) is 2.38. The monoisotopic (exact) mass is 250 g/mol. The van der Waals surface area contributed by atoms with Crippen molar-refractivity contribution in [1.82, 2.24) is 0 Å². The van der Waals surface area contributed by atoms with Crippen LogP contribution in [0.2, 0.25) is 0 Å². The van der Waals surface area contributed by atoms with Crippen LogP contribution in [0.15, 0.2) is 57.7 Å². The van der Waals surface area contributed by atoms with Crippen LogP contribution >= 0.6 is 0 Å². The maximum atomic E-state index is 11.7. The number of aryl methyl sites for hydroxylation is 2. The first-order chi connectivity index (χ1) is 9.15. The second-order valence-corrected chi connectivity index (χ2v) is 4.79. The van der Waals surface area contributed by atoms with Gasteiger partial charge in [0.05, 0.1) is 0 Å². The van der Waals surface area contributed by atoms with Gasteiger partial charge in [-0.2, -0.15) is 0 Å². The number of rotatable bonds is 1. The van der Waals surface area contributed by atoms with Gasteiger partial charge in [0, 0.05) is 17.0 Å². The summed E-state index contributed by atoms with van der Waals surface area (Å²) in [5.41, 5.74) is 4.57. The first-order valence-electron chi connectivity index (χ1n) is 6.26. The van der Waals surface area contributed by atoms with Crippen molar-refractivity contribution >= 4 is 11.0 Å². The highest BCUT2D eigenvalue weighted by Gasteiger charge is 2.09. The van der Waals surface area contributed by atoms with E-state index in [2.05, 4.69) is 0 Å². The Hall–Kier alpha value is -2.35. The van der Waals surface area contributed by atoms with Crippen molar-refractivity contribution in [3.8, 4) is 11.1 Å². The minimum Gasteiger partial charge on any atom is -0.423 e. The lowest BCUT2D eigenvalue weighted by atomic mass is 9.97. The molecule has 2 nitrogen and oxygen atoms in total. The Labute approximate surface area is 111 Å². The van der Waals surface area contributed by atoms with Crippen molar-refractivity contribution in [3.05, 3.63) is 70.1 Å². The standard InChI is InChI=1S/C17H14O2/c1-11-7-8-14-15(10-17(18)19-16(14)9-11)13-6-4-3-5-12(13)2/h3-10H,1-2H3. The molecule has 3 rings (SSSR count). The summed E-state index contributed by atoms with van der Waals surface area (Å²) in [7, 11) is 0. The lowest BCUT2D eigenvalue weighted by Gasteiger charge is -2.08. The van der Waals surface area contributed by atoms with E-state index in [1.165, 1.54) is 0 Å². The van der Waals surface area contributed by atoms with Crippen molar-refractivity contribution in [2.45, 2.75) is 13.8 Å². The maximum Gasteiger partial charge on any atom is 0.336 e. The molecule has 0 saturated heterocycles. The topological polar surface area (TPSA) is 30.2 Å². The summed E-state index contributed by atoms with van der Waals surface area (Å²) in [6, 6.07) is 15.6. The van der Waals surface area contributed by atoms with Gasteiger partial charge >= 0.3 is 5.63 Å². The first kappa shape index (κ1) is 11.7. The highest BCUT2D eigenvalue weighted by Crippen LogP contribution is 2.29. The van der Waals surface area contributed by atoms with Gasteiger partial charge in [-0.15, -0.1) is 0 Å². The molecule has 0 atom stereocenters.